The van der Waals surface area contributed by atoms with E-state index in [-0.39, 0.29) is 17.1 Å². The van der Waals surface area contributed by atoms with Crippen LogP contribution in [0.2, 0.25) is 0 Å². The molecule has 1 unspecified atom stereocenters. The third-order valence-electron chi connectivity index (χ3n) is 3.04. The van der Waals surface area contributed by atoms with Crippen molar-refractivity contribution in [1.82, 2.24) is 9.99 Å². The van der Waals surface area contributed by atoms with Gasteiger partial charge >= 0.3 is 6.09 Å². The van der Waals surface area contributed by atoms with Crippen LogP contribution in [0.25, 0.3) is 0 Å². The molecule has 0 bridgehead atoms. The summed E-state index contributed by atoms with van der Waals surface area (Å²) in [6, 6.07) is 4.06. The Morgan fingerprint density at radius 2 is 2.12 bits per heavy atom. The third kappa shape index (κ3) is 3.94. The number of anilines is 3. The number of benzene rings is 1. The van der Waals surface area contributed by atoms with Gasteiger partial charge in [-0.3, -0.25) is 10.4 Å². The molecule has 0 radical (unpaired) electrons. The lowest BCUT2D eigenvalue weighted by molar-refractivity contribution is -0.111. The Balaban J connectivity index is 2.35. The second-order valence-electron chi connectivity index (χ2n) is 4.82. The first-order valence-electron chi connectivity index (χ1n) is 6.82. The summed E-state index contributed by atoms with van der Waals surface area (Å²) in [6.45, 7) is 1.33. The lowest BCUT2D eigenvalue weighted by Crippen LogP contribution is -2.43. The number of carboxylic acid groups (broad SMARTS) is 1. The van der Waals surface area contributed by atoms with Crippen molar-refractivity contribution in [2.24, 2.45) is 0 Å². The number of aldehydes is 1. The first-order valence-corrected chi connectivity index (χ1v) is 6.82. The number of hydrazine groups is 1. The molecule has 0 spiro atoms. The van der Waals surface area contributed by atoms with Crippen molar-refractivity contribution in [3.05, 3.63) is 48.3 Å². The number of aromatic nitrogens is 1. The van der Waals surface area contributed by atoms with Gasteiger partial charge in [-0.2, -0.15) is 0 Å². The van der Waals surface area contributed by atoms with E-state index in [0.29, 0.717) is 11.3 Å². The van der Waals surface area contributed by atoms with E-state index in [9.17, 15) is 18.4 Å². The number of pyridine rings is 1. The molecular formula is C15H14F2N4O3. The lowest BCUT2D eigenvalue weighted by Gasteiger charge is -2.25. The number of hydrogen-bond acceptors (Lipinski definition) is 5. The standard InChI is InChI=1S/C15H14F2N4O3/c1-9(8-22)21(15(23)24)20-14-12(17)3-2-4-13(14)19-11-5-10(16)6-18-7-11/h2-9,19-20H,1H3,(H,23,24). The van der Waals surface area contributed by atoms with E-state index >= 15 is 0 Å². The highest BCUT2D eigenvalue weighted by molar-refractivity contribution is 5.79. The average Bonchev–Trinajstić information content (AvgIpc) is 2.53. The Morgan fingerprint density at radius 3 is 2.75 bits per heavy atom. The van der Waals surface area contributed by atoms with Crippen LogP contribution >= 0.6 is 0 Å². The first-order chi connectivity index (χ1) is 11.4. The highest BCUT2D eigenvalue weighted by atomic mass is 19.1. The smallest absolute Gasteiger partial charge is 0.426 e. The minimum atomic E-state index is -1.46. The zero-order valence-electron chi connectivity index (χ0n) is 12.5. The second-order valence-corrected chi connectivity index (χ2v) is 4.82. The summed E-state index contributed by atoms with van der Waals surface area (Å²) in [5.41, 5.74) is 2.53. The van der Waals surface area contributed by atoms with Crippen LogP contribution in [0.4, 0.5) is 30.6 Å². The third-order valence-corrected chi connectivity index (χ3v) is 3.04. The molecular weight excluding hydrogens is 322 g/mol. The van der Waals surface area contributed by atoms with Gasteiger partial charge in [0.25, 0.3) is 0 Å². The molecule has 3 N–H and O–H groups in total. The minimum Gasteiger partial charge on any atom is -0.464 e. The van der Waals surface area contributed by atoms with Crippen LogP contribution in [-0.2, 0) is 4.79 Å². The number of para-hydroxylation sites is 1. The normalized spacial score (nSPS) is 11.5. The summed E-state index contributed by atoms with van der Waals surface area (Å²) in [5, 5.41) is 12.4. The van der Waals surface area contributed by atoms with E-state index in [1.807, 2.05) is 0 Å². The molecule has 1 heterocycles. The SMILES string of the molecule is CC(C=O)N(Nc1c(F)cccc1Nc1cncc(F)c1)C(=O)O. The number of nitrogens with zero attached hydrogens (tertiary/aromatic N) is 2. The molecule has 1 amide bonds. The van der Waals surface area contributed by atoms with E-state index in [1.165, 1.54) is 25.3 Å². The largest absolute Gasteiger partial charge is 0.464 e. The Kier molecular flexibility index (Phi) is 5.25. The molecule has 0 fully saturated rings. The van der Waals surface area contributed by atoms with Crippen LogP contribution in [0, 0.1) is 11.6 Å². The zero-order chi connectivity index (χ0) is 17.7. The number of hydrogen-bond donors (Lipinski definition) is 3. The van der Waals surface area contributed by atoms with Gasteiger partial charge in [-0.1, -0.05) is 6.07 Å². The molecule has 24 heavy (non-hydrogen) atoms. The zero-order valence-corrected chi connectivity index (χ0v) is 12.5. The van der Waals surface area contributed by atoms with Gasteiger partial charge in [0.2, 0.25) is 0 Å². The monoisotopic (exact) mass is 336 g/mol. The summed E-state index contributed by atoms with van der Waals surface area (Å²) >= 11 is 0. The Labute approximate surface area is 135 Å². The van der Waals surface area contributed by atoms with Crippen molar-refractivity contribution in [3.8, 4) is 0 Å². The van der Waals surface area contributed by atoms with Crippen LogP contribution in [-0.4, -0.2) is 33.5 Å². The van der Waals surface area contributed by atoms with Gasteiger partial charge in [0.1, 0.15) is 29.6 Å². The summed E-state index contributed by atoms with van der Waals surface area (Å²) in [6.07, 6.45) is 1.26. The molecule has 7 nitrogen and oxygen atoms in total. The highest BCUT2D eigenvalue weighted by Crippen LogP contribution is 2.29. The quantitative estimate of drug-likeness (QED) is 0.554. The molecule has 1 atom stereocenters. The van der Waals surface area contributed by atoms with Crippen LogP contribution in [0.1, 0.15) is 6.92 Å². The molecule has 2 rings (SSSR count). The van der Waals surface area contributed by atoms with Crippen LogP contribution in [0.3, 0.4) is 0 Å². The summed E-state index contributed by atoms with van der Waals surface area (Å²) in [4.78, 5) is 25.7. The van der Waals surface area contributed by atoms with Gasteiger partial charge in [0.15, 0.2) is 0 Å². The number of carbonyl (C=O) groups is 2. The molecule has 2 aromatic rings. The number of rotatable bonds is 6. The van der Waals surface area contributed by atoms with Gasteiger partial charge < -0.3 is 15.2 Å². The number of amides is 1. The van der Waals surface area contributed by atoms with Gasteiger partial charge in [0.05, 0.1) is 23.8 Å². The summed E-state index contributed by atoms with van der Waals surface area (Å²) < 4.78 is 27.3. The van der Waals surface area contributed by atoms with Gasteiger partial charge in [-0.25, -0.2) is 18.6 Å². The number of nitrogens with one attached hydrogen (secondary N) is 2. The van der Waals surface area contributed by atoms with E-state index in [1.54, 1.807) is 0 Å². The lowest BCUT2D eigenvalue weighted by atomic mass is 10.2. The van der Waals surface area contributed by atoms with E-state index < -0.39 is 23.8 Å². The van der Waals surface area contributed by atoms with Crippen LogP contribution < -0.4 is 10.7 Å². The maximum absolute atomic E-state index is 14.1. The molecule has 0 saturated carbocycles. The van der Waals surface area contributed by atoms with Crippen LogP contribution in [0.15, 0.2) is 36.7 Å². The maximum Gasteiger partial charge on any atom is 0.426 e. The van der Waals surface area contributed by atoms with Gasteiger partial charge in [-0.15, -0.1) is 0 Å². The molecule has 126 valence electrons. The van der Waals surface area contributed by atoms with E-state index in [0.717, 1.165) is 18.3 Å². The van der Waals surface area contributed by atoms with Crippen molar-refractivity contribution in [2.45, 2.75) is 13.0 Å². The Hall–Kier alpha value is -3.23. The number of carbonyl (C=O) groups excluding carboxylic acids is 1. The highest BCUT2D eigenvalue weighted by Gasteiger charge is 2.21. The molecule has 9 heteroatoms. The van der Waals surface area contributed by atoms with E-state index in [4.69, 9.17) is 5.11 Å². The molecule has 0 aliphatic rings. The predicted octanol–water partition coefficient (Wildman–Crippen LogP) is 3.00. The molecule has 1 aromatic heterocycles. The average molecular weight is 336 g/mol. The van der Waals surface area contributed by atoms with Gasteiger partial charge in [0, 0.05) is 6.07 Å². The molecule has 1 aromatic carbocycles. The van der Waals surface area contributed by atoms with Crippen molar-refractivity contribution in [1.29, 1.82) is 0 Å². The molecule has 0 aliphatic carbocycles. The fraction of sp³-hybridized carbons (Fsp3) is 0.133. The van der Waals surface area contributed by atoms with Crippen molar-refractivity contribution in [2.75, 3.05) is 10.7 Å². The topological polar surface area (TPSA) is 94.6 Å². The maximum atomic E-state index is 14.1. The fourth-order valence-corrected chi connectivity index (χ4v) is 1.88. The Morgan fingerprint density at radius 1 is 1.38 bits per heavy atom. The summed E-state index contributed by atoms with van der Waals surface area (Å²) in [5.74, 6) is -1.35. The molecule has 0 saturated heterocycles. The Bertz CT molecular complexity index is 757. The first kappa shape index (κ1) is 17.1. The summed E-state index contributed by atoms with van der Waals surface area (Å²) in [7, 11) is 0. The minimum absolute atomic E-state index is 0.145. The number of halogens is 2. The van der Waals surface area contributed by atoms with E-state index in [2.05, 4.69) is 15.7 Å². The molecule has 0 aliphatic heterocycles. The van der Waals surface area contributed by atoms with Gasteiger partial charge in [-0.05, 0) is 19.1 Å². The fourth-order valence-electron chi connectivity index (χ4n) is 1.88. The predicted molar refractivity (Wildman–Crippen MR) is 82.9 cm³/mol. The second kappa shape index (κ2) is 7.36. The van der Waals surface area contributed by atoms with Crippen LogP contribution in [0.5, 0.6) is 0 Å². The van der Waals surface area contributed by atoms with Crippen molar-refractivity contribution in [3.63, 3.8) is 0 Å². The van der Waals surface area contributed by atoms with Crippen molar-refractivity contribution >= 4 is 29.4 Å². The van der Waals surface area contributed by atoms with Crippen molar-refractivity contribution < 1.29 is 23.5 Å².